The lowest BCUT2D eigenvalue weighted by molar-refractivity contribution is -0.130. The predicted molar refractivity (Wildman–Crippen MR) is 101 cm³/mol. The topological polar surface area (TPSA) is 58.4 Å². The molecule has 0 spiro atoms. The highest BCUT2D eigenvalue weighted by molar-refractivity contribution is 6.00. The number of carbonyl (C=O) groups is 2. The maximum atomic E-state index is 12.6. The number of aryl methyl sites for hydroxylation is 4. The van der Waals surface area contributed by atoms with Crippen molar-refractivity contribution in [2.75, 3.05) is 25.0 Å². The average molecular weight is 354 g/mol. The molecule has 2 heterocycles. The highest BCUT2D eigenvalue weighted by atomic mass is 16.2. The van der Waals surface area contributed by atoms with E-state index in [9.17, 15) is 9.59 Å². The van der Waals surface area contributed by atoms with Crippen LogP contribution in [0.15, 0.2) is 30.3 Å². The minimum absolute atomic E-state index is 0.0214. The third-order valence-electron chi connectivity index (χ3n) is 4.88. The maximum absolute atomic E-state index is 12.6. The largest absolute Gasteiger partial charge is 0.344 e. The molecule has 0 N–H and O–H groups in total. The van der Waals surface area contributed by atoms with Crippen LogP contribution in [0.1, 0.15) is 29.8 Å². The van der Waals surface area contributed by atoms with Crippen LogP contribution in [0.25, 0.3) is 0 Å². The quantitative estimate of drug-likeness (QED) is 0.800. The van der Waals surface area contributed by atoms with E-state index in [1.165, 1.54) is 0 Å². The standard InChI is InChI=1S/C20H26N4O2/c1-15-13-16(2)24(21-15)12-6-11-22(3)20(26)14-23-18-8-5-4-7-17(18)9-10-19(23)25/h4-5,7-8,13H,6,9-12,14H2,1-3H3. The van der Waals surface area contributed by atoms with E-state index >= 15 is 0 Å². The molecule has 0 atom stereocenters. The molecular weight excluding hydrogens is 328 g/mol. The van der Waals surface area contributed by atoms with Gasteiger partial charge in [0.1, 0.15) is 6.54 Å². The van der Waals surface area contributed by atoms with Crippen LogP contribution in [0, 0.1) is 13.8 Å². The third kappa shape index (κ3) is 3.95. The molecule has 1 aliphatic rings. The van der Waals surface area contributed by atoms with E-state index in [0.717, 1.165) is 42.0 Å². The van der Waals surface area contributed by atoms with Gasteiger partial charge in [-0.3, -0.25) is 14.3 Å². The number of anilines is 1. The summed E-state index contributed by atoms with van der Waals surface area (Å²) in [5.74, 6) is -0.0171. The number of likely N-dealkylation sites (N-methyl/N-ethyl adjacent to an activating group) is 1. The summed E-state index contributed by atoms with van der Waals surface area (Å²) in [6.45, 7) is 5.54. The molecule has 0 aliphatic carbocycles. The monoisotopic (exact) mass is 354 g/mol. The van der Waals surface area contributed by atoms with E-state index in [1.807, 2.05) is 48.9 Å². The van der Waals surface area contributed by atoms with Crippen LogP contribution < -0.4 is 4.90 Å². The van der Waals surface area contributed by atoms with Crippen LogP contribution in [0.2, 0.25) is 0 Å². The van der Waals surface area contributed by atoms with Crippen molar-refractivity contribution in [3.63, 3.8) is 0 Å². The zero-order chi connectivity index (χ0) is 18.7. The van der Waals surface area contributed by atoms with Gasteiger partial charge in [0.2, 0.25) is 11.8 Å². The van der Waals surface area contributed by atoms with E-state index in [0.29, 0.717) is 13.0 Å². The summed E-state index contributed by atoms with van der Waals surface area (Å²) in [6.07, 6.45) is 2.04. The predicted octanol–water partition coefficient (Wildman–Crippen LogP) is 2.33. The van der Waals surface area contributed by atoms with Crippen molar-refractivity contribution in [3.8, 4) is 0 Å². The molecule has 0 saturated heterocycles. The number of para-hydroxylation sites is 1. The SMILES string of the molecule is Cc1cc(C)n(CCCN(C)C(=O)CN2C(=O)CCc3ccccc32)n1. The zero-order valence-electron chi connectivity index (χ0n) is 15.7. The molecule has 26 heavy (non-hydrogen) atoms. The highest BCUT2D eigenvalue weighted by Crippen LogP contribution is 2.27. The second-order valence-electron chi connectivity index (χ2n) is 6.93. The van der Waals surface area contributed by atoms with Gasteiger partial charge in [-0.1, -0.05) is 18.2 Å². The summed E-state index contributed by atoms with van der Waals surface area (Å²) in [6, 6.07) is 9.88. The Bertz CT molecular complexity index is 812. The molecule has 0 unspecified atom stereocenters. The van der Waals surface area contributed by atoms with Gasteiger partial charge < -0.3 is 9.80 Å². The number of aromatic nitrogens is 2. The second kappa shape index (κ2) is 7.72. The normalized spacial score (nSPS) is 13.7. The molecule has 1 aliphatic heterocycles. The van der Waals surface area contributed by atoms with Crippen molar-refractivity contribution in [2.24, 2.45) is 0 Å². The first kappa shape index (κ1) is 18.2. The Morgan fingerprint density at radius 3 is 2.73 bits per heavy atom. The first-order chi connectivity index (χ1) is 12.5. The van der Waals surface area contributed by atoms with Gasteiger partial charge in [-0.15, -0.1) is 0 Å². The van der Waals surface area contributed by atoms with Crippen molar-refractivity contribution in [1.82, 2.24) is 14.7 Å². The lowest BCUT2D eigenvalue weighted by atomic mass is 10.0. The van der Waals surface area contributed by atoms with Gasteiger partial charge >= 0.3 is 0 Å². The Balaban J connectivity index is 1.56. The number of amides is 2. The molecule has 0 bridgehead atoms. The lowest BCUT2D eigenvalue weighted by Gasteiger charge is -2.30. The molecule has 3 rings (SSSR count). The summed E-state index contributed by atoms with van der Waals surface area (Å²) in [7, 11) is 1.80. The van der Waals surface area contributed by atoms with Crippen LogP contribution in [0.4, 0.5) is 5.69 Å². The van der Waals surface area contributed by atoms with Crippen molar-refractivity contribution < 1.29 is 9.59 Å². The van der Waals surface area contributed by atoms with Gasteiger partial charge in [-0.25, -0.2) is 0 Å². The molecule has 1 aromatic carbocycles. The molecule has 0 saturated carbocycles. The smallest absolute Gasteiger partial charge is 0.242 e. The number of rotatable bonds is 6. The van der Waals surface area contributed by atoms with Crippen LogP contribution in [0.5, 0.6) is 0 Å². The number of carbonyl (C=O) groups excluding carboxylic acids is 2. The fourth-order valence-corrected chi connectivity index (χ4v) is 3.41. The summed E-state index contributed by atoms with van der Waals surface area (Å²) < 4.78 is 1.97. The zero-order valence-corrected chi connectivity index (χ0v) is 15.7. The van der Waals surface area contributed by atoms with Gasteiger partial charge in [0, 0.05) is 37.9 Å². The molecule has 138 valence electrons. The fraction of sp³-hybridized carbons (Fsp3) is 0.450. The third-order valence-corrected chi connectivity index (χ3v) is 4.88. The van der Waals surface area contributed by atoms with Crippen LogP contribution >= 0.6 is 0 Å². The van der Waals surface area contributed by atoms with E-state index in [-0.39, 0.29) is 18.4 Å². The van der Waals surface area contributed by atoms with E-state index in [4.69, 9.17) is 0 Å². The van der Waals surface area contributed by atoms with Crippen LogP contribution in [-0.2, 0) is 22.6 Å². The Kier molecular flexibility index (Phi) is 5.40. The molecule has 1 aromatic heterocycles. The number of hydrogen-bond acceptors (Lipinski definition) is 3. The molecule has 2 amide bonds. The van der Waals surface area contributed by atoms with Gasteiger partial charge in [0.15, 0.2) is 0 Å². The van der Waals surface area contributed by atoms with Crippen molar-refractivity contribution in [1.29, 1.82) is 0 Å². The number of nitrogens with zero attached hydrogens (tertiary/aromatic N) is 4. The van der Waals surface area contributed by atoms with Gasteiger partial charge in [0.05, 0.1) is 5.69 Å². The van der Waals surface area contributed by atoms with Crippen molar-refractivity contribution >= 4 is 17.5 Å². The van der Waals surface area contributed by atoms with Gasteiger partial charge in [-0.05, 0) is 44.4 Å². The Hall–Kier alpha value is -2.63. The van der Waals surface area contributed by atoms with E-state index in [2.05, 4.69) is 5.10 Å². The van der Waals surface area contributed by atoms with Crippen LogP contribution in [-0.4, -0.2) is 46.6 Å². The van der Waals surface area contributed by atoms with Crippen molar-refractivity contribution in [2.45, 2.75) is 39.7 Å². The number of fused-ring (bicyclic) bond motifs is 1. The van der Waals surface area contributed by atoms with Gasteiger partial charge in [-0.2, -0.15) is 5.10 Å². The molecule has 2 aromatic rings. The lowest BCUT2D eigenvalue weighted by Crippen LogP contribution is -2.44. The molecular formula is C20H26N4O2. The Morgan fingerprint density at radius 1 is 1.23 bits per heavy atom. The molecule has 0 radical (unpaired) electrons. The summed E-state index contributed by atoms with van der Waals surface area (Å²) in [5.41, 5.74) is 4.14. The summed E-state index contributed by atoms with van der Waals surface area (Å²) >= 11 is 0. The highest BCUT2D eigenvalue weighted by Gasteiger charge is 2.26. The second-order valence-corrected chi connectivity index (χ2v) is 6.93. The molecule has 0 fully saturated rings. The fourth-order valence-electron chi connectivity index (χ4n) is 3.41. The minimum Gasteiger partial charge on any atom is -0.344 e. The maximum Gasteiger partial charge on any atom is 0.242 e. The number of benzene rings is 1. The minimum atomic E-state index is -0.0385. The molecule has 6 heteroatoms. The Labute approximate surface area is 154 Å². The van der Waals surface area contributed by atoms with Crippen molar-refractivity contribution in [3.05, 3.63) is 47.3 Å². The average Bonchev–Trinajstić information content (AvgIpc) is 2.94. The summed E-state index contributed by atoms with van der Waals surface area (Å²) in [4.78, 5) is 28.2. The Morgan fingerprint density at radius 2 is 2.00 bits per heavy atom. The van der Waals surface area contributed by atoms with Crippen LogP contribution in [0.3, 0.4) is 0 Å². The first-order valence-corrected chi connectivity index (χ1v) is 9.09. The first-order valence-electron chi connectivity index (χ1n) is 9.09. The van der Waals surface area contributed by atoms with E-state index < -0.39 is 0 Å². The number of hydrogen-bond donors (Lipinski definition) is 0. The van der Waals surface area contributed by atoms with E-state index in [1.54, 1.807) is 16.8 Å². The molecule has 6 nitrogen and oxygen atoms in total. The summed E-state index contributed by atoms with van der Waals surface area (Å²) in [5, 5.41) is 4.44. The van der Waals surface area contributed by atoms with Gasteiger partial charge in [0.25, 0.3) is 0 Å².